The highest BCUT2D eigenvalue weighted by Gasteiger charge is 2.14. The molecule has 0 unspecified atom stereocenters. The van der Waals surface area contributed by atoms with Gasteiger partial charge in [-0.2, -0.15) is 0 Å². The molecule has 0 radical (unpaired) electrons. The minimum absolute atomic E-state index is 0.197. The molecule has 2 aromatic carbocycles. The van der Waals surface area contributed by atoms with E-state index in [0.29, 0.717) is 17.1 Å². The Balaban J connectivity index is 1.82. The summed E-state index contributed by atoms with van der Waals surface area (Å²) in [4.78, 5) is 16.0. The van der Waals surface area contributed by atoms with Crippen LogP contribution in [0.25, 0.3) is 21.7 Å². The number of fused-ring (bicyclic) bond motifs is 2. The van der Waals surface area contributed by atoms with Crippen molar-refractivity contribution < 1.29 is 9.90 Å². The SMILES string of the molecule is O=C(O)c1cc(Cl)cc2ccn(Cc3cc4ccccc4cn3)c12. The van der Waals surface area contributed by atoms with Crippen molar-refractivity contribution in [2.24, 2.45) is 0 Å². The first kappa shape index (κ1) is 14.7. The Labute approximate surface area is 142 Å². The fourth-order valence-electron chi connectivity index (χ4n) is 3.00. The number of carboxylic acids is 1. The molecule has 0 saturated heterocycles. The van der Waals surface area contributed by atoms with Gasteiger partial charge in [0.05, 0.1) is 23.3 Å². The summed E-state index contributed by atoms with van der Waals surface area (Å²) in [5.41, 5.74) is 1.72. The number of hydrogen-bond acceptors (Lipinski definition) is 2. The number of halogens is 1. The molecule has 0 aliphatic carbocycles. The van der Waals surface area contributed by atoms with Gasteiger partial charge >= 0.3 is 5.97 Å². The third-order valence-corrected chi connectivity index (χ3v) is 4.29. The maximum Gasteiger partial charge on any atom is 0.337 e. The second-order valence-electron chi connectivity index (χ2n) is 5.66. The van der Waals surface area contributed by atoms with Gasteiger partial charge in [-0.15, -0.1) is 0 Å². The van der Waals surface area contributed by atoms with Crippen LogP contribution in [0, 0.1) is 0 Å². The summed E-state index contributed by atoms with van der Waals surface area (Å²) in [6, 6.07) is 15.2. The topological polar surface area (TPSA) is 55.1 Å². The Morgan fingerprint density at radius 1 is 1.08 bits per heavy atom. The highest BCUT2D eigenvalue weighted by atomic mass is 35.5. The van der Waals surface area contributed by atoms with Gasteiger partial charge in [0.2, 0.25) is 0 Å². The molecule has 1 N–H and O–H groups in total. The van der Waals surface area contributed by atoms with Crippen molar-refractivity contribution in [3.05, 3.63) is 77.2 Å². The number of carboxylic acid groups (broad SMARTS) is 1. The van der Waals surface area contributed by atoms with Crippen LogP contribution in [0.4, 0.5) is 0 Å². The second-order valence-corrected chi connectivity index (χ2v) is 6.10. The van der Waals surface area contributed by atoms with E-state index in [0.717, 1.165) is 21.9 Å². The van der Waals surface area contributed by atoms with Crippen molar-refractivity contribution in [2.45, 2.75) is 6.54 Å². The lowest BCUT2D eigenvalue weighted by Gasteiger charge is -2.09. The predicted octanol–water partition coefficient (Wildman–Crippen LogP) is 4.59. The average molecular weight is 337 g/mol. The molecule has 5 heteroatoms. The van der Waals surface area contributed by atoms with E-state index in [1.165, 1.54) is 6.07 Å². The lowest BCUT2D eigenvalue weighted by molar-refractivity contribution is 0.0698. The summed E-state index contributed by atoms with van der Waals surface area (Å²) >= 11 is 6.02. The zero-order chi connectivity index (χ0) is 16.7. The zero-order valence-corrected chi connectivity index (χ0v) is 13.4. The van der Waals surface area contributed by atoms with Crippen LogP contribution in [0.2, 0.25) is 5.02 Å². The maximum atomic E-state index is 11.6. The number of benzene rings is 2. The Morgan fingerprint density at radius 3 is 2.67 bits per heavy atom. The average Bonchev–Trinajstić information content (AvgIpc) is 2.96. The summed E-state index contributed by atoms with van der Waals surface area (Å²) in [5, 5.41) is 12.9. The molecule has 24 heavy (non-hydrogen) atoms. The van der Waals surface area contributed by atoms with E-state index in [4.69, 9.17) is 11.6 Å². The molecule has 2 aromatic heterocycles. The first-order valence-corrected chi connectivity index (χ1v) is 7.85. The number of aromatic carboxylic acids is 1. The van der Waals surface area contributed by atoms with Crippen LogP contribution in [0.3, 0.4) is 0 Å². The minimum atomic E-state index is -0.992. The molecule has 0 saturated carbocycles. The molecule has 4 nitrogen and oxygen atoms in total. The highest BCUT2D eigenvalue weighted by Crippen LogP contribution is 2.26. The third kappa shape index (κ3) is 2.51. The molecule has 0 aliphatic rings. The number of nitrogens with zero attached hydrogens (tertiary/aromatic N) is 2. The zero-order valence-electron chi connectivity index (χ0n) is 12.6. The highest BCUT2D eigenvalue weighted by molar-refractivity contribution is 6.32. The molecule has 0 spiro atoms. The van der Waals surface area contributed by atoms with Crippen LogP contribution in [-0.4, -0.2) is 20.6 Å². The summed E-state index contributed by atoms with van der Waals surface area (Å²) in [6.07, 6.45) is 3.70. The van der Waals surface area contributed by atoms with E-state index in [9.17, 15) is 9.90 Å². The van der Waals surface area contributed by atoms with Gasteiger partial charge in [0.1, 0.15) is 0 Å². The van der Waals surface area contributed by atoms with E-state index in [2.05, 4.69) is 4.98 Å². The Morgan fingerprint density at radius 2 is 1.88 bits per heavy atom. The number of rotatable bonds is 3. The molecule has 0 bridgehead atoms. The molecular formula is C19H13ClN2O2. The number of aromatic nitrogens is 2. The normalized spacial score (nSPS) is 11.2. The van der Waals surface area contributed by atoms with Crippen LogP contribution >= 0.6 is 11.6 Å². The summed E-state index contributed by atoms with van der Waals surface area (Å²) in [6.45, 7) is 0.496. The molecule has 118 valence electrons. The quantitative estimate of drug-likeness (QED) is 0.595. The van der Waals surface area contributed by atoms with Crippen LogP contribution in [0.1, 0.15) is 16.1 Å². The van der Waals surface area contributed by atoms with Crippen LogP contribution < -0.4 is 0 Å². The maximum absolute atomic E-state index is 11.6. The second kappa shape index (κ2) is 5.65. The Kier molecular flexibility index (Phi) is 3.47. The van der Waals surface area contributed by atoms with Gasteiger partial charge in [0, 0.05) is 28.2 Å². The van der Waals surface area contributed by atoms with E-state index >= 15 is 0 Å². The van der Waals surface area contributed by atoms with E-state index in [1.54, 1.807) is 6.07 Å². The van der Waals surface area contributed by atoms with Crippen LogP contribution in [0.15, 0.2) is 60.9 Å². The van der Waals surface area contributed by atoms with E-state index < -0.39 is 5.97 Å². The minimum Gasteiger partial charge on any atom is -0.478 e. The molecule has 4 aromatic rings. The van der Waals surface area contributed by atoms with Crippen molar-refractivity contribution in [1.29, 1.82) is 0 Å². The number of carbonyl (C=O) groups is 1. The van der Waals surface area contributed by atoms with Crippen molar-refractivity contribution in [2.75, 3.05) is 0 Å². The molecular weight excluding hydrogens is 324 g/mol. The van der Waals surface area contributed by atoms with Gasteiger partial charge in [-0.25, -0.2) is 4.79 Å². The van der Waals surface area contributed by atoms with Crippen molar-refractivity contribution in [3.8, 4) is 0 Å². The summed E-state index contributed by atoms with van der Waals surface area (Å²) in [5.74, 6) is -0.992. The molecule has 0 fully saturated rings. The number of hydrogen-bond donors (Lipinski definition) is 1. The largest absolute Gasteiger partial charge is 0.478 e. The lowest BCUT2D eigenvalue weighted by atomic mass is 10.1. The predicted molar refractivity (Wildman–Crippen MR) is 94.8 cm³/mol. The van der Waals surface area contributed by atoms with Crippen LogP contribution in [0.5, 0.6) is 0 Å². The lowest BCUT2D eigenvalue weighted by Crippen LogP contribution is -2.05. The monoisotopic (exact) mass is 336 g/mol. The molecule has 0 amide bonds. The van der Waals surface area contributed by atoms with Gasteiger partial charge in [0.15, 0.2) is 0 Å². The molecule has 0 atom stereocenters. The van der Waals surface area contributed by atoms with Gasteiger partial charge in [-0.1, -0.05) is 35.9 Å². The number of pyridine rings is 1. The fraction of sp³-hybridized carbons (Fsp3) is 0.0526. The van der Waals surface area contributed by atoms with E-state index in [1.807, 2.05) is 53.4 Å². The molecule has 0 aliphatic heterocycles. The fourth-order valence-corrected chi connectivity index (χ4v) is 3.22. The van der Waals surface area contributed by atoms with Crippen molar-refractivity contribution >= 4 is 39.2 Å². The third-order valence-electron chi connectivity index (χ3n) is 4.08. The Hall–Kier alpha value is -2.85. The Bertz CT molecular complexity index is 1090. The van der Waals surface area contributed by atoms with Gasteiger partial charge < -0.3 is 9.67 Å². The summed E-state index contributed by atoms with van der Waals surface area (Å²) < 4.78 is 1.90. The standard InChI is InChI=1S/C19H13ClN2O2/c20-15-7-13-5-6-22(18(13)17(9-15)19(23)24)11-16-8-12-3-1-2-4-14(12)10-21-16/h1-10H,11H2,(H,23,24). The van der Waals surface area contributed by atoms with Crippen LogP contribution in [-0.2, 0) is 6.54 Å². The van der Waals surface area contributed by atoms with Gasteiger partial charge in [-0.05, 0) is 29.7 Å². The van der Waals surface area contributed by atoms with Gasteiger partial charge in [0.25, 0.3) is 0 Å². The molecule has 4 rings (SSSR count). The summed E-state index contributed by atoms with van der Waals surface area (Å²) in [7, 11) is 0. The first-order chi connectivity index (χ1) is 11.6. The van der Waals surface area contributed by atoms with Crippen molar-refractivity contribution in [3.63, 3.8) is 0 Å². The van der Waals surface area contributed by atoms with Gasteiger partial charge in [-0.3, -0.25) is 4.98 Å². The van der Waals surface area contributed by atoms with E-state index in [-0.39, 0.29) is 5.56 Å². The smallest absolute Gasteiger partial charge is 0.337 e. The molecule has 2 heterocycles. The van der Waals surface area contributed by atoms with Crippen molar-refractivity contribution in [1.82, 2.24) is 9.55 Å². The first-order valence-electron chi connectivity index (χ1n) is 7.47.